The first kappa shape index (κ1) is 10.3. The molecule has 3 rings (SSSR count). The fourth-order valence-corrected chi connectivity index (χ4v) is 2.06. The van der Waals surface area contributed by atoms with Crippen LogP contribution < -0.4 is 14.8 Å². The summed E-state index contributed by atoms with van der Waals surface area (Å²) in [6.45, 7) is 1.16. The Labute approximate surface area is 100 Å². The van der Waals surface area contributed by atoms with Crippen LogP contribution in [0.25, 0.3) is 0 Å². The molecule has 1 aromatic carbocycles. The number of fused-ring (bicyclic) bond motifs is 1. The van der Waals surface area contributed by atoms with E-state index < -0.39 is 0 Å². The second kappa shape index (κ2) is 3.85. The smallest absolute Gasteiger partial charge is 0.231 e. The highest BCUT2D eigenvalue weighted by atomic mass is 16.7. The van der Waals surface area contributed by atoms with Crippen LogP contribution in [0, 0.1) is 16.7 Å². The van der Waals surface area contributed by atoms with Crippen molar-refractivity contribution in [3.05, 3.63) is 18.2 Å². The highest BCUT2D eigenvalue weighted by molar-refractivity contribution is 5.55. The van der Waals surface area contributed by atoms with Crippen molar-refractivity contribution in [3.8, 4) is 17.6 Å². The Morgan fingerprint density at radius 3 is 2.88 bits per heavy atom. The maximum atomic E-state index is 8.75. The molecule has 4 nitrogen and oxygen atoms in total. The van der Waals surface area contributed by atoms with E-state index in [1.54, 1.807) is 0 Å². The van der Waals surface area contributed by atoms with Crippen molar-refractivity contribution < 1.29 is 9.47 Å². The van der Waals surface area contributed by atoms with Crippen LogP contribution in [0.5, 0.6) is 11.5 Å². The van der Waals surface area contributed by atoms with Crippen LogP contribution in [-0.2, 0) is 0 Å². The van der Waals surface area contributed by atoms with Crippen molar-refractivity contribution in [2.45, 2.75) is 19.3 Å². The fraction of sp³-hybridized carbons (Fsp3) is 0.462. The van der Waals surface area contributed by atoms with Crippen molar-refractivity contribution in [2.24, 2.45) is 5.41 Å². The molecule has 1 aromatic rings. The average molecular weight is 230 g/mol. The Bertz CT molecular complexity index is 475. The summed E-state index contributed by atoms with van der Waals surface area (Å²) >= 11 is 0. The predicted molar refractivity (Wildman–Crippen MR) is 63.0 cm³/mol. The number of nitrogens with one attached hydrogen (secondary N) is 1. The number of nitriles is 1. The molecule has 0 unspecified atom stereocenters. The minimum absolute atomic E-state index is 0.213. The molecule has 0 spiro atoms. The van der Waals surface area contributed by atoms with Gasteiger partial charge in [0.15, 0.2) is 11.5 Å². The summed E-state index contributed by atoms with van der Waals surface area (Å²) < 4.78 is 10.6. The molecule has 4 heteroatoms. The summed E-state index contributed by atoms with van der Waals surface area (Å²) in [5.74, 6) is 1.59. The molecule has 1 N–H and O–H groups in total. The molecule has 1 heterocycles. The van der Waals surface area contributed by atoms with Crippen molar-refractivity contribution in [1.29, 1.82) is 5.26 Å². The molecule has 0 aromatic heterocycles. The van der Waals surface area contributed by atoms with Crippen LogP contribution in [0.4, 0.5) is 5.69 Å². The largest absolute Gasteiger partial charge is 0.454 e. The zero-order valence-electron chi connectivity index (χ0n) is 9.53. The Hall–Kier alpha value is -1.89. The van der Waals surface area contributed by atoms with Crippen LogP contribution in [0.15, 0.2) is 18.2 Å². The first-order chi connectivity index (χ1) is 8.31. The number of rotatable bonds is 4. The number of ether oxygens (including phenoxy) is 2. The van der Waals surface area contributed by atoms with E-state index in [1.807, 2.05) is 18.2 Å². The van der Waals surface area contributed by atoms with Gasteiger partial charge in [-0.3, -0.25) is 0 Å². The normalized spacial score (nSPS) is 18.5. The SMILES string of the molecule is N#CCC1(CNc2ccc3c(c2)OCO3)CC1. The Kier molecular flexibility index (Phi) is 2.32. The average Bonchev–Trinajstić information content (AvgIpc) is 2.95. The van der Waals surface area contributed by atoms with Crippen molar-refractivity contribution in [1.82, 2.24) is 0 Å². The minimum Gasteiger partial charge on any atom is -0.454 e. The lowest BCUT2D eigenvalue weighted by molar-refractivity contribution is 0.174. The molecule has 1 saturated carbocycles. The summed E-state index contributed by atoms with van der Waals surface area (Å²) in [5, 5.41) is 12.1. The standard InChI is InChI=1S/C13H14N2O2/c14-6-5-13(3-4-13)8-15-10-1-2-11-12(7-10)17-9-16-11/h1-2,7,15H,3-5,8-9H2. The van der Waals surface area contributed by atoms with Crippen molar-refractivity contribution in [3.63, 3.8) is 0 Å². The van der Waals surface area contributed by atoms with Gasteiger partial charge in [0, 0.05) is 30.1 Å². The van der Waals surface area contributed by atoms with Gasteiger partial charge in [0.2, 0.25) is 6.79 Å². The lowest BCUT2D eigenvalue weighted by Crippen LogP contribution is -2.14. The first-order valence-corrected chi connectivity index (χ1v) is 5.82. The Balaban J connectivity index is 1.64. The maximum absolute atomic E-state index is 8.75. The Morgan fingerprint density at radius 1 is 1.29 bits per heavy atom. The molecule has 17 heavy (non-hydrogen) atoms. The van der Waals surface area contributed by atoms with Crippen LogP contribution in [0.1, 0.15) is 19.3 Å². The van der Waals surface area contributed by atoms with E-state index in [0.717, 1.165) is 36.6 Å². The molecule has 0 bridgehead atoms. The van der Waals surface area contributed by atoms with Crippen LogP contribution in [-0.4, -0.2) is 13.3 Å². The van der Waals surface area contributed by atoms with Gasteiger partial charge in [0.1, 0.15) is 0 Å². The van der Waals surface area contributed by atoms with E-state index in [4.69, 9.17) is 14.7 Å². The van der Waals surface area contributed by atoms with E-state index in [9.17, 15) is 0 Å². The van der Waals surface area contributed by atoms with Gasteiger partial charge in [-0.05, 0) is 25.0 Å². The van der Waals surface area contributed by atoms with Gasteiger partial charge in [-0.25, -0.2) is 0 Å². The molecule has 2 aliphatic rings. The molecular weight excluding hydrogens is 216 g/mol. The molecule has 0 amide bonds. The van der Waals surface area contributed by atoms with E-state index in [2.05, 4.69) is 11.4 Å². The maximum Gasteiger partial charge on any atom is 0.231 e. The van der Waals surface area contributed by atoms with Crippen LogP contribution in [0.3, 0.4) is 0 Å². The van der Waals surface area contributed by atoms with Gasteiger partial charge >= 0.3 is 0 Å². The van der Waals surface area contributed by atoms with E-state index in [0.29, 0.717) is 13.2 Å². The van der Waals surface area contributed by atoms with Gasteiger partial charge in [0.25, 0.3) is 0 Å². The highest BCUT2D eigenvalue weighted by Crippen LogP contribution is 2.48. The summed E-state index contributed by atoms with van der Waals surface area (Å²) in [6, 6.07) is 8.11. The minimum atomic E-state index is 0.213. The topological polar surface area (TPSA) is 54.3 Å². The third kappa shape index (κ3) is 2.01. The van der Waals surface area contributed by atoms with Crippen LogP contribution >= 0.6 is 0 Å². The summed E-state index contributed by atoms with van der Waals surface area (Å²) in [4.78, 5) is 0. The zero-order valence-corrected chi connectivity index (χ0v) is 9.53. The monoisotopic (exact) mass is 230 g/mol. The van der Waals surface area contributed by atoms with Gasteiger partial charge in [-0.15, -0.1) is 0 Å². The molecule has 0 radical (unpaired) electrons. The quantitative estimate of drug-likeness (QED) is 0.863. The third-order valence-electron chi connectivity index (χ3n) is 3.45. The van der Waals surface area contributed by atoms with Crippen molar-refractivity contribution >= 4 is 5.69 Å². The Morgan fingerprint density at radius 2 is 2.12 bits per heavy atom. The summed E-state index contributed by atoms with van der Waals surface area (Å²) in [6.07, 6.45) is 2.95. The molecule has 1 aliphatic carbocycles. The summed E-state index contributed by atoms with van der Waals surface area (Å²) in [7, 11) is 0. The fourth-order valence-electron chi connectivity index (χ4n) is 2.06. The molecule has 0 saturated heterocycles. The second-order valence-corrected chi connectivity index (χ2v) is 4.76. The number of anilines is 1. The van der Waals surface area contributed by atoms with E-state index >= 15 is 0 Å². The number of nitrogens with zero attached hydrogens (tertiary/aromatic N) is 1. The third-order valence-corrected chi connectivity index (χ3v) is 3.45. The van der Waals surface area contributed by atoms with E-state index in [-0.39, 0.29) is 5.41 Å². The molecule has 1 aliphatic heterocycles. The lowest BCUT2D eigenvalue weighted by atomic mass is 10.0. The zero-order chi connectivity index (χ0) is 11.7. The first-order valence-electron chi connectivity index (χ1n) is 5.82. The van der Waals surface area contributed by atoms with Gasteiger partial charge in [-0.1, -0.05) is 0 Å². The van der Waals surface area contributed by atoms with Gasteiger partial charge in [0.05, 0.1) is 6.07 Å². The number of hydrogen-bond donors (Lipinski definition) is 1. The lowest BCUT2D eigenvalue weighted by Gasteiger charge is -2.13. The predicted octanol–water partition coefficient (Wildman–Crippen LogP) is 2.52. The highest BCUT2D eigenvalue weighted by Gasteiger charge is 2.42. The van der Waals surface area contributed by atoms with Gasteiger partial charge < -0.3 is 14.8 Å². The summed E-state index contributed by atoms with van der Waals surface area (Å²) in [5.41, 5.74) is 1.24. The molecule has 0 atom stereocenters. The molecule has 88 valence electrons. The number of hydrogen-bond acceptors (Lipinski definition) is 4. The molecular formula is C13H14N2O2. The second-order valence-electron chi connectivity index (χ2n) is 4.76. The molecule has 1 fully saturated rings. The van der Waals surface area contributed by atoms with Gasteiger partial charge in [-0.2, -0.15) is 5.26 Å². The van der Waals surface area contributed by atoms with E-state index in [1.165, 1.54) is 0 Å². The van der Waals surface area contributed by atoms with Crippen molar-refractivity contribution in [2.75, 3.05) is 18.7 Å². The number of benzene rings is 1. The van der Waals surface area contributed by atoms with Crippen LogP contribution in [0.2, 0.25) is 0 Å².